The predicted molar refractivity (Wildman–Crippen MR) is 68.6 cm³/mol. The SMILES string of the molecule is COC(=C[SiH](C)c1cccc2c1CC2)OC. The summed E-state index contributed by atoms with van der Waals surface area (Å²) < 4.78 is 10.3. The van der Waals surface area contributed by atoms with Crippen molar-refractivity contribution >= 4 is 14.0 Å². The van der Waals surface area contributed by atoms with Crippen LogP contribution in [0.25, 0.3) is 0 Å². The van der Waals surface area contributed by atoms with Gasteiger partial charge in [-0.3, -0.25) is 0 Å². The lowest BCUT2D eigenvalue weighted by Crippen LogP contribution is -2.33. The van der Waals surface area contributed by atoms with Crippen molar-refractivity contribution < 1.29 is 9.47 Å². The van der Waals surface area contributed by atoms with Gasteiger partial charge in [0, 0.05) is 0 Å². The predicted octanol–water partition coefficient (Wildman–Crippen LogP) is 1.52. The summed E-state index contributed by atoms with van der Waals surface area (Å²) in [5, 5.41) is 1.54. The van der Waals surface area contributed by atoms with E-state index in [9.17, 15) is 0 Å². The Morgan fingerprint density at radius 2 is 2.00 bits per heavy atom. The molecule has 3 heteroatoms. The molecule has 0 bridgehead atoms. The molecule has 86 valence electrons. The van der Waals surface area contributed by atoms with Gasteiger partial charge in [-0.25, -0.2) is 0 Å². The van der Waals surface area contributed by atoms with Crippen molar-refractivity contribution in [2.75, 3.05) is 14.2 Å². The molecule has 16 heavy (non-hydrogen) atoms. The first-order valence-corrected chi connectivity index (χ1v) is 8.06. The summed E-state index contributed by atoms with van der Waals surface area (Å²) in [6.45, 7) is 2.31. The van der Waals surface area contributed by atoms with Crippen LogP contribution in [0.1, 0.15) is 11.1 Å². The smallest absolute Gasteiger partial charge is 0.270 e. The van der Waals surface area contributed by atoms with Gasteiger partial charge >= 0.3 is 0 Å². The van der Waals surface area contributed by atoms with Crippen molar-refractivity contribution in [2.24, 2.45) is 0 Å². The van der Waals surface area contributed by atoms with Gasteiger partial charge in [0.1, 0.15) is 8.80 Å². The molecule has 2 rings (SSSR count). The Kier molecular flexibility index (Phi) is 3.34. The summed E-state index contributed by atoms with van der Waals surface area (Å²) >= 11 is 0. The largest absolute Gasteiger partial charge is 0.469 e. The average molecular weight is 234 g/mol. The summed E-state index contributed by atoms with van der Waals surface area (Å²) in [7, 11) is 2.22. The minimum atomic E-state index is -1.08. The van der Waals surface area contributed by atoms with Crippen LogP contribution in [-0.4, -0.2) is 23.0 Å². The van der Waals surface area contributed by atoms with Gasteiger partial charge in [-0.1, -0.05) is 29.9 Å². The zero-order valence-electron chi connectivity index (χ0n) is 10.1. The molecule has 1 unspecified atom stereocenters. The minimum absolute atomic E-state index is 0.649. The summed E-state index contributed by atoms with van der Waals surface area (Å²) in [5.41, 5.74) is 5.26. The van der Waals surface area contributed by atoms with E-state index in [-0.39, 0.29) is 0 Å². The summed E-state index contributed by atoms with van der Waals surface area (Å²) in [5.74, 6) is 0.649. The standard InChI is InChI=1S/C13H18O2Si/c1-14-13(15-2)9-16(3)12-6-4-5-10-7-8-11(10)12/h4-6,9,16H,7-8H2,1-3H3. The Bertz CT molecular complexity index is 406. The van der Waals surface area contributed by atoms with E-state index >= 15 is 0 Å². The molecule has 1 atom stereocenters. The lowest BCUT2D eigenvalue weighted by Gasteiger charge is -2.24. The second kappa shape index (κ2) is 4.74. The molecule has 0 heterocycles. The number of ether oxygens (including phenoxy) is 2. The van der Waals surface area contributed by atoms with Gasteiger partial charge < -0.3 is 9.47 Å². The van der Waals surface area contributed by atoms with Gasteiger partial charge in [-0.15, -0.1) is 0 Å². The van der Waals surface area contributed by atoms with Crippen LogP contribution in [0.4, 0.5) is 0 Å². The molecule has 1 aromatic rings. The number of methoxy groups -OCH3 is 2. The van der Waals surface area contributed by atoms with Gasteiger partial charge in [-0.2, -0.15) is 0 Å². The molecule has 0 radical (unpaired) electrons. The van der Waals surface area contributed by atoms with Gasteiger partial charge in [0.15, 0.2) is 0 Å². The summed E-state index contributed by atoms with van der Waals surface area (Å²) in [6, 6.07) is 6.67. The van der Waals surface area contributed by atoms with Crippen LogP contribution in [0.2, 0.25) is 6.55 Å². The van der Waals surface area contributed by atoms with Crippen LogP contribution >= 0.6 is 0 Å². The average Bonchev–Trinajstić information content (AvgIpc) is 2.26. The first kappa shape index (κ1) is 11.3. The third kappa shape index (κ3) is 2.00. The maximum atomic E-state index is 5.15. The van der Waals surface area contributed by atoms with Gasteiger partial charge in [-0.05, 0) is 29.7 Å². The zero-order chi connectivity index (χ0) is 11.5. The second-order valence-corrected chi connectivity index (χ2v) is 6.70. The normalized spacial score (nSPS) is 14.4. The molecular formula is C13H18O2Si. The number of rotatable bonds is 4. The highest BCUT2D eigenvalue weighted by molar-refractivity contribution is 6.77. The van der Waals surface area contributed by atoms with Crippen LogP contribution in [0.5, 0.6) is 0 Å². The molecule has 0 aliphatic heterocycles. The highest BCUT2D eigenvalue weighted by Crippen LogP contribution is 2.21. The Morgan fingerprint density at radius 1 is 1.25 bits per heavy atom. The van der Waals surface area contributed by atoms with E-state index in [2.05, 4.69) is 30.4 Å². The third-order valence-electron chi connectivity index (χ3n) is 3.23. The number of benzene rings is 1. The highest BCUT2D eigenvalue weighted by atomic mass is 28.3. The Labute approximate surface area is 98.5 Å². The fraction of sp³-hybridized carbons (Fsp3) is 0.385. The fourth-order valence-electron chi connectivity index (χ4n) is 2.22. The minimum Gasteiger partial charge on any atom is -0.469 e. The molecule has 1 aromatic carbocycles. The monoisotopic (exact) mass is 234 g/mol. The van der Waals surface area contributed by atoms with E-state index < -0.39 is 8.80 Å². The number of hydrogen-bond acceptors (Lipinski definition) is 2. The van der Waals surface area contributed by atoms with Gasteiger partial charge in [0.25, 0.3) is 5.95 Å². The van der Waals surface area contributed by atoms with Crippen molar-refractivity contribution in [1.82, 2.24) is 0 Å². The van der Waals surface area contributed by atoms with Crippen LogP contribution < -0.4 is 5.19 Å². The lowest BCUT2D eigenvalue weighted by atomic mass is 9.89. The number of fused-ring (bicyclic) bond motifs is 1. The molecule has 0 saturated carbocycles. The van der Waals surface area contributed by atoms with Crippen molar-refractivity contribution in [3.05, 3.63) is 41.0 Å². The van der Waals surface area contributed by atoms with Crippen molar-refractivity contribution in [2.45, 2.75) is 19.4 Å². The molecule has 1 aliphatic carbocycles. The van der Waals surface area contributed by atoms with Crippen LogP contribution in [0, 0.1) is 0 Å². The topological polar surface area (TPSA) is 18.5 Å². The molecule has 1 aliphatic rings. The molecule has 0 N–H and O–H groups in total. The summed E-state index contributed by atoms with van der Waals surface area (Å²) in [4.78, 5) is 0. The molecule has 0 saturated heterocycles. The van der Waals surface area contributed by atoms with E-state index in [0.29, 0.717) is 5.95 Å². The number of hydrogen-bond donors (Lipinski definition) is 0. The highest BCUT2D eigenvalue weighted by Gasteiger charge is 2.20. The first-order chi connectivity index (χ1) is 7.76. The molecule has 0 amide bonds. The first-order valence-electron chi connectivity index (χ1n) is 5.66. The molecule has 0 aromatic heterocycles. The fourth-order valence-corrected chi connectivity index (χ4v) is 4.37. The van der Waals surface area contributed by atoms with Gasteiger partial charge in [0.2, 0.25) is 0 Å². The van der Waals surface area contributed by atoms with Gasteiger partial charge in [0.05, 0.1) is 14.2 Å². The quantitative estimate of drug-likeness (QED) is 0.581. The van der Waals surface area contributed by atoms with E-state index in [1.54, 1.807) is 19.8 Å². The molecule has 0 fully saturated rings. The van der Waals surface area contributed by atoms with E-state index in [4.69, 9.17) is 9.47 Å². The molecular weight excluding hydrogens is 216 g/mol. The van der Waals surface area contributed by atoms with Crippen LogP contribution in [-0.2, 0) is 22.3 Å². The lowest BCUT2D eigenvalue weighted by molar-refractivity contribution is 0.0963. The molecule has 2 nitrogen and oxygen atoms in total. The van der Waals surface area contributed by atoms with E-state index in [0.717, 1.165) is 0 Å². The Morgan fingerprint density at radius 3 is 2.56 bits per heavy atom. The zero-order valence-corrected chi connectivity index (χ0v) is 11.3. The number of aryl methyl sites for hydroxylation is 1. The van der Waals surface area contributed by atoms with Crippen LogP contribution in [0.3, 0.4) is 0 Å². The second-order valence-electron chi connectivity index (χ2n) is 4.17. The maximum absolute atomic E-state index is 5.15. The van der Waals surface area contributed by atoms with Crippen LogP contribution in [0.15, 0.2) is 29.8 Å². The van der Waals surface area contributed by atoms with E-state index in [1.165, 1.54) is 23.6 Å². The Balaban J connectivity index is 2.24. The summed E-state index contributed by atoms with van der Waals surface area (Å²) in [6.07, 6.45) is 2.49. The Hall–Kier alpha value is -1.22. The van der Waals surface area contributed by atoms with Crippen molar-refractivity contribution in [1.29, 1.82) is 0 Å². The molecule has 0 spiro atoms. The third-order valence-corrected chi connectivity index (χ3v) is 5.53. The van der Waals surface area contributed by atoms with E-state index in [1.807, 2.05) is 0 Å². The van der Waals surface area contributed by atoms with Crippen molar-refractivity contribution in [3.8, 4) is 0 Å². The maximum Gasteiger partial charge on any atom is 0.270 e. The van der Waals surface area contributed by atoms with Crippen molar-refractivity contribution in [3.63, 3.8) is 0 Å².